The van der Waals surface area contributed by atoms with Gasteiger partial charge in [0.25, 0.3) is 11.8 Å². The van der Waals surface area contributed by atoms with Gasteiger partial charge in [-0.2, -0.15) is 9.37 Å². The van der Waals surface area contributed by atoms with Gasteiger partial charge in [-0.1, -0.05) is 32.9 Å². The number of aromatic nitrogens is 1. The molecule has 5 heteroatoms. The molecule has 1 heterocycles. The first-order chi connectivity index (χ1) is 9.68. The molecule has 0 fully saturated rings. The summed E-state index contributed by atoms with van der Waals surface area (Å²) in [7, 11) is 0. The van der Waals surface area contributed by atoms with Gasteiger partial charge in [0.1, 0.15) is 5.75 Å². The van der Waals surface area contributed by atoms with Crippen molar-refractivity contribution in [3.05, 3.63) is 53.0 Å². The van der Waals surface area contributed by atoms with E-state index in [9.17, 15) is 13.2 Å². The van der Waals surface area contributed by atoms with Gasteiger partial charge in [-0.3, -0.25) is 0 Å². The Kier molecular flexibility index (Phi) is 3.94. The maximum Gasteiger partial charge on any atom is 0.258 e. The summed E-state index contributed by atoms with van der Waals surface area (Å²) in [6.07, 6.45) is 0. The number of rotatable bonds is 2. The fourth-order valence-electron chi connectivity index (χ4n) is 1.83. The summed E-state index contributed by atoms with van der Waals surface area (Å²) < 4.78 is 44.7. The maximum absolute atomic E-state index is 13.5. The van der Waals surface area contributed by atoms with Crippen LogP contribution in [0, 0.1) is 24.5 Å². The molecule has 1 aromatic carbocycles. The first kappa shape index (κ1) is 15.4. The number of benzene rings is 1. The van der Waals surface area contributed by atoms with Crippen LogP contribution in [0.3, 0.4) is 0 Å². The van der Waals surface area contributed by atoms with E-state index in [1.54, 1.807) is 13.0 Å². The number of ether oxygens (including phenoxy) is 1. The van der Waals surface area contributed by atoms with Gasteiger partial charge in [-0.05, 0) is 29.5 Å². The first-order valence-corrected chi connectivity index (χ1v) is 6.49. The van der Waals surface area contributed by atoms with Gasteiger partial charge >= 0.3 is 0 Å². The van der Waals surface area contributed by atoms with E-state index in [2.05, 4.69) is 25.8 Å². The van der Waals surface area contributed by atoms with Crippen LogP contribution in [0.5, 0.6) is 11.6 Å². The van der Waals surface area contributed by atoms with Crippen molar-refractivity contribution < 1.29 is 17.9 Å². The average Bonchev–Trinajstić information content (AvgIpc) is 2.36. The second-order valence-corrected chi connectivity index (χ2v) is 5.88. The van der Waals surface area contributed by atoms with Crippen LogP contribution in [0.1, 0.15) is 31.9 Å². The molecule has 1 aromatic heterocycles. The van der Waals surface area contributed by atoms with Gasteiger partial charge < -0.3 is 4.74 Å². The Morgan fingerprint density at radius 3 is 2.24 bits per heavy atom. The fraction of sp³-hybridized carbons (Fsp3) is 0.312. The summed E-state index contributed by atoms with van der Waals surface area (Å²) in [4.78, 5) is 3.14. The molecule has 0 saturated carbocycles. The smallest absolute Gasteiger partial charge is 0.258 e. The molecule has 2 rings (SSSR count). The SMILES string of the molecule is Cc1cc(C(C)(C)C)ccc1Oc1nc(F)c(F)cc1F. The third kappa shape index (κ3) is 3.35. The molecule has 0 radical (unpaired) electrons. The molecule has 0 atom stereocenters. The predicted molar refractivity (Wildman–Crippen MR) is 74.1 cm³/mol. The number of nitrogens with zero attached hydrogens (tertiary/aromatic N) is 1. The number of hydrogen-bond acceptors (Lipinski definition) is 2. The zero-order valence-corrected chi connectivity index (χ0v) is 12.3. The van der Waals surface area contributed by atoms with E-state index in [-0.39, 0.29) is 5.41 Å². The molecule has 0 unspecified atom stereocenters. The summed E-state index contributed by atoms with van der Waals surface area (Å²) in [5, 5.41) is 0. The molecule has 0 aliphatic heterocycles. The van der Waals surface area contributed by atoms with Crippen LogP contribution in [-0.2, 0) is 5.41 Å². The van der Waals surface area contributed by atoms with E-state index < -0.39 is 23.5 Å². The Labute approximate surface area is 121 Å². The van der Waals surface area contributed by atoms with Crippen LogP contribution in [0.4, 0.5) is 13.2 Å². The summed E-state index contributed by atoms with van der Waals surface area (Å²) in [6.45, 7) is 8.00. The summed E-state index contributed by atoms with van der Waals surface area (Å²) >= 11 is 0. The summed E-state index contributed by atoms with van der Waals surface area (Å²) in [5.41, 5.74) is 1.81. The third-order valence-electron chi connectivity index (χ3n) is 3.10. The van der Waals surface area contributed by atoms with Crippen molar-refractivity contribution in [2.45, 2.75) is 33.1 Å². The maximum atomic E-state index is 13.5. The Hall–Kier alpha value is -2.04. The molecular formula is C16H16F3NO. The van der Waals surface area contributed by atoms with Gasteiger partial charge in [0.05, 0.1) is 0 Å². The molecule has 21 heavy (non-hydrogen) atoms. The van der Waals surface area contributed by atoms with Gasteiger partial charge in [0.2, 0.25) is 0 Å². The summed E-state index contributed by atoms with van der Waals surface area (Å²) in [5.74, 6) is -4.02. The zero-order valence-electron chi connectivity index (χ0n) is 12.3. The third-order valence-corrected chi connectivity index (χ3v) is 3.10. The molecule has 0 aliphatic carbocycles. The minimum absolute atomic E-state index is 0.0330. The largest absolute Gasteiger partial charge is 0.436 e. The average molecular weight is 295 g/mol. The number of hydrogen-bond donors (Lipinski definition) is 0. The molecule has 2 aromatic rings. The van der Waals surface area contributed by atoms with Gasteiger partial charge in [-0.15, -0.1) is 0 Å². The van der Waals surface area contributed by atoms with Crippen molar-refractivity contribution >= 4 is 0 Å². The van der Waals surface area contributed by atoms with Crippen LogP contribution in [-0.4, -0.2) is 4.98 Å². The molecule has 0 aliphatic rings. The molecular weight excluding hydrogens is 279 g/mol. The Balaban J connectivity index is 2.35. The van der Waals surface area contributed by atoms with Crippen molar-refractivity contribution in [3.63, 3.8) is 0 Å². The Morgan fingerprint density at radius 2 is 1.67 bits per heavy atom. The highest BCUT2D eigenvalue weighted by atomic mass is 19.2. The molecule has 0 amide bonds. The summed E-state index contributed by atoms with van der Waals surface area (Å²) in [6, 6.07) is 5.84. The number of aryl methyl sites for hydroxylation is 1. The molecule has 0 N–H and O–H groups in total. The number of pyridine rings is 1. The fourth-order valence-corrected chi connectivity index (χ4v) is 1.83. The topological polar surface area (TPSA) is 22.1 Å². The van der Waals surface area contributed by atoms with E-state index in [1.807, 2.05) is 12.1 Å². The Bertz CT molecular complexity index is 678. The lowest BCUT2D eigenvalue weighted by Crippen LogP contribution is -2.11. The molecule has 0 saturated heterocycles. The minimum atomic E-state index is -1.39. The lowest BCUT2D eigenvalue weighted by Gasteiger charge is -2.20. The van der Waals surface area contributed by atoms with Crippen molar-refractivity contribution in [1.29, 1.82) is 0 Å². The van der Waals surface area contributed by atoms with Crippen LogP contribution in [0.25, 0.3) is 0 Å². The zero-order chi connectivity index (χ0) is 15.8. The Morgan fingerprint density at radius 1 is 1.00 bits per heavy atom. The normalized spacial score (nSPS) is 11.6. The molecule has 112 valence electrons. The van der Waals surface area contributed by atoms with Crippen LogP contribution in [0.15, 0.2) is 24.3 Å². The van der Waals surface area contributed by atoms with E-state index >= 15 is 0 Å². The van der Waals surface area contributed by atoms with Crippen LogP contribution in [0.2, 0.25) is 0 Å². The number of halogens is 3. The molecule has 2 nitrogen and oxygen atoms in total. The highest BCUT2D eigenvalue weighted by molar-refractivity contribution is 5.40. The van der Waals surface area contributed by atoms with E-state index in [0.29, 0.717) is 11.8 Å². The second kappa shape index (κ2) is 5.39. The van der Waals surface area contributed by atoms with E-state index in [1.165, 1.54) is 0 Å². The van der Waals surface area contributed by atoms with Crippen LogP contribution < -0.4 is 4.74 Å². The first-order valence-electron chi connectivity index (χ1n) is 6.49. The van der Waals surface area contributed by atoms with Crippen molar-refractivity contribution in [2.24, 2.45) is 0 Å². The monoisotopic (exact) mass is 295 g/mol. The minimum Gasteiger partial charge on any atom is -0.436 e. The van der Waals surface area contributed by atoms with Gasteiger partial charge in [0, 0.05) is 6.07 Å². The highest BCUT2D eigenvalue weighted by Crippen LogP contribution is 2.30. The van der Waals surface area contributed by atoms with Gasteiger partial charge in [-0.25, -0.2) is 8.78 Å². The van der Waals surface area contributed by atoms with Crippen LogP contribution >= 0.6 is 0 Å². The highest BCUT2D eigenvalue weighted by Gasteiger charge is 2.17. The lowest BCUT2D eigenvalue weighted by molar-refractivity contribution is 0.385. The van der Waals surface area contributed by atoms with E-state index in [0.717, 1.165) is 11.1 Å². The van der Waals surface area contributed by atoms with Crippen molar-refractivity contribution in [1.82, 2.24) is 4.98 Å². The van der Waals surface area contributed by atoms with Crippen molar-refractivity contribution in [3.8, 4) is 11.6 Å². The molecule has 0 bridgehead atoms. The van der Waals surface area contributed by atoms with Crippen molar-refractivity contribution in [2.75, 3.05) is 0 Å². The lowest BCUT2D eigenvalue weighted by atomic mass is 9.86. The quantitative estimate of drug-likeness (QED) is 0.735. The molecule has 0 spiro atoms. The van der Waals surface area contributed by atoms with Gasteiger partial charge in [0.15, 0.2) is 11.6 Å². The standard InChI is InChI=1S/C16H16F3NO/c1-9-7-10(16(2,3)4)5-6-13(9)21-15-12(18)8-11(17)14(19)20-15/h5-8H,1-4H3. The second-order valence-electron chi connectivity index (χ2n) is 5.88. The van der Waals surface area contributed by atoms with E-state index in [4.69, 9.17) is 4.74 Å². The predicted octanol–water partition coefficient (Wildman–Crippen LogP) is 4.90.